The highest BCUT2D eigenvalue weighted by atomic mass is 16.5. The lowest BCUT2D eigenvalue weighted by molar-refractivity contribution is 0.260. The van der Waals surface area contributed by atoms with Crippen LogP contribution in [0.5, 0.6) is 5.75 Å². The Labute approximate surface area is 136 Å². The van der Waals surface area contributed by atoms with E-state index in [9.17, 15) is 0 Å². The second-order valence-corrected chi connectivity index (χ2v) is 5.55. The largest absolute Gasteiger partial charge is 0.464 e. The molecule has 0 aromatic heterocycles. The molecule has 1 unspecified atom stereocenters. The lowest BCUT2D eigenvalue weighted by Gasteiger charge is -2.11. The smallest absolute Gasteiger partial charge is 0.196 e. The van der Waals surface area contributed by atoms with Crippen LogP contribution in [-0.4, -0.2) is 0 Å². The van der Waals surface area contributed by atoms with Crippen LogP contribution in [0.2, 0.25) is 0 Å². The summed E-state index contributed by atoms with van der Waals surface area (Å²) in [5, 5.41) is 3.39. The molecule has 0 saturated heterocycles. The zero-order valence-corrected chi connectivity index (χ0v) is 12.6. The highest BCUT2D eigenvalue weighted by molar-refractivity contribution is 5.69. The number of nitrogens with one attached hydrogen (secondary N) is 1. The molecule has 112 valence electrons. The second-order valence-electron chi connectivity index (χ2n) is 5.55. The molecule has 0 radical (unpaired) electrons. The summed E-state index contributed by atoms with van der Waals surface area (Å²) in [5.74, 6) is 0.908. The maximum Gasteiger partial charge on any atom is 0.196 e. The van der Waals surface area contributed by atoms with Gasteiger partial charge in [-0.3, -0.25) is 0 Å². The van der Waals surface area contributed by atoms with Gasteiger partial charge in [0, 0.05) is 5.56 Å². The van der Waals surface area contributed by atoms with Crippen LogP contribution in [0.1, 0.15) is 22.9 Å². The van der Waals surface area contributed by atoms with Gasteiger partial charge in [-0.2, -0.15) is 0 Å². The number of rotatable bonds is 3. The summed E-state index contributed by atoms with van der Waals surface area (Å²) in [6.45, 7) is 0. The van der Waals surface area contributed by atoms with E-state index < -0.39 is 0 Å². The minimum Gasteiger partial charge on any atom is -0.464 e. The molecule has 1 N–H and O–H groups in total. The minimum absolute atomic E-state index is 0.112. The Kier molecular flexibility index (Phi) is 3.57. The first-order valence-corrected chi connectivity index (χ1v) is 7.74. The van der Waals surface area contributed by atoms with Crippen LogP contribution in [-0.2, 0) is 0 Å². The summed E-state index contributed by atoms with van der Waals surface area (Å²) in [6, 6.07) is 26.8. The number of hydrogen-bond donors (Lipinski definition) is 1. The molecule has 1 heterocycles. The normalized spacial score (nSPS) is 15.9. The molecular weight excluding hydrogens is 282 g/mol. The molecule has 0 spiro atoms. The van der Waals surface area contributed by atoms with Crippen LogP contribution in [0.4, 0.5) is 5.69 Å². The molecule has 2 heteroatoms. The predicted octanol–water partition coefficient (Wildman–Crippen LogP) is 5.36. The lowest BCUT2D eigenvalue weighted by atomic mass is 10.1. The van der Waals surface area contributed by atoms with Crippen molar-refractivity contribution in [2.75, 3.05) is 5.32 Å². The predicted molar refractivity (Wildman–Crippen MR) is 95.2 cm³/mol. The Morgan fingerprint density at radius 2 is 1.35 bits per heavy atom. The van der Waals surface area contributed by atoms with Crippen molar-refractivity contribution in [3.05, 3.63) is 95.6 Å². The van der Waals surface area contributed by atoms with Gasteiger partial charge in [-0.1, -0.05) is 78.9 Å². The van der Waals surface area contributed by atoms with Crippen molar-refractivity contribution in [2.24, 2.45) is 0 Å². The van der Waals surface area contributed by atoms with Gasteiger partial charge in [0.15, 0.2) is 6.23 Å². The summed E-state index contributed by atoms with van der Waals surface area (Å²) in [4.78, 5) is 0. The van der Waals surface area contributed by atoms with Crippen molar-refractivity contribution in [1.29, 1.82) is 0 Å². The first-order valence-electron chi connectivity index (χ1n) is 7.74. The zero-order valence-electron chi connectivity index (χ0n) is 12.6. The number of anilines is 1. The van der Waals surface area contributed by atoms with Crippen LogP contribution < -0.4 is 10.1 Å². The summed E-state index contributed by atoms with van der Waals surface area (Å²) in [5.41, 5.74) is 4.55. The van der Waals surface area contributed by atoms with Crippen molar-refractivity contribution in [1.82, 2.24) is 0 Å². The molecule has 1 aliphatic rings. The van der Waals surface area contributed by atoms with Crippen molar-refractivity contribution in [2.45, 2.75) is 6.23 Å². The van der Waals surface area contributed by atoms with Crippen LogP contribution in [0.3, 0.4) is 0 Å². The maximum absolute atomic E-state index is 5.93. The Bertz CT molecular complexity index is 797. The Balaban J connectivity index is 1.48. The average Bonchev–Trinajstić information content (AvgIpc) is 3.05. The van der Waals surface area contributed by atoms with Crippen molar-refractivity contribution in [3.63, 3.8) is 0 Å². The fourth-order valence-electron chi connectivity index (χ4n) is 2.68. The molecule has 0 saturated carbocycles. The quantitative estimate of drug-likeness (QED) is 0.657. The molecular formula is C21H17NO. The number of para-hydroxylation sites is 2. The third-order valence-corrected chi connectivity index (χ3v) is 3.93. The zero-order chi connectivity index (χ0) is 15.5. The maximum atomic E-state index is 5.93. The Morgan fingerprint density at radius 1 is 0.696 bits per heavy atom. The van der Waals surface area contributed by atoms with Crippen molar-refractivity contribution in [3.8, 4) is 5.75 Å². The summed E-state index contributed by atoms with van der Waals surface area (Å²) < 4.78 is 5.93. The van der Waals surface area contributed by atoms with E-state index in [-0.39, 0.29) is 6.23 Å². The van der Waals surface area contributed by atoms with Crippen LogP contribution in [0.25, 0.3) is 12.2 Å². The van der Waals surface area contributed by atoms with E-state index in [1.807, 2.05) is 42.5 Å². The monoisotopic (exact) mass is 299 g/mol. The molecule has 0 amide bonds. The lowest BCUT2D eigenvalue weighted by Crippen LogP contribution is -2.09. The first kappa shape index (κ1) is 13.6. The third kappa shape index (κ3) is 2.97. The van der Waals surface area contributed by atoms with Gasteiger partial charge in [-0.05, 0) is 23.3 Å². The van der Waals surface area contributed by atoms with Crippen LogP contribution in [0.15, 0.2) is 78.9 Å². The summed E-state index contributed by atoms with van der Waals surface area (Å²) in [7, 11) is 0. The highest BCUT2D eigenvalue weighted by Crippen LogP contribution is 2.37. The Morgan fingerprint density at radius 3 is 2.09 bits per heavy atom. The van der Waals surface area contributed by atoms with E-state index in [1.54, 1.807) is 0 Å². The summed E-state index contributed by atoms with van der Waals surface area (Å²) >= 11 is 0. The van der Waals surface area contributed by atoms with E-state index in [0.29, 0.717) is 0 Å². The average molecular weight is 299 g/mol. The third-order valence-electron chi connectivity index (χ3n) is 3.93. The van der Waals surface area contributed by atoms with Gasteiger partial charge >= 0.3 is 0 Å². The second kappa shape index (κ2) is 6.01. The number of hydrogen-bond acceptors (Lipinski definition) is 2. The first-order chi connectivity index (χ1) is 11.4. The fraction of sp³-hybridized carbons (Fsp3) is 0.0476. The fourth-order valence-corrected chi connectivity index (χ4v) is 2.68. The molecule has 0 fully saturated rings. The van der Waals surface area contributed by atoms with E-state index >= 15 is 0 Å². The van der Waals surface area contributed by atoms with Gasteiger partial charge in [0.25, 0.3) is 0 Å². The van der Waals surface area contributed by atoms with Crippen LogP contribution >= 0.6 is 0 Å². The molecule has 23 heavy (non-hydrogen) atoms. The number of benzene rings is 3. The van der Waals surface area contributed by atoms with E-state index in [2.05, 4.69) is 53.9 Å². The van der Waals surface area contributed by atoms with Gasteiger partial charge in [-0.15, -0.1) is 0 Å². The van der Waals surface area contributed by atoms with Gasteiger partial charge in [0.2, 0.25) is 0 Å². The molecule has 3 aromatic rings. The van der Waals surface area contributed by atoms with Gasteiger partial charge in [-0.25, -0.2) is 0 Å². The van der Waals surface area contributed by atoms with E-state index in [1.165, 1.54) is 11.1 Å². The molecule has 2 nitrogen and oxygen atoms in total. The number of fused-ring (bicyclic) bond motifs is 1. The highest BCUT2D eigenvalue weighted by Gasteiger charge is 2.22. The molecule has 3 aromatic carbocycles. The molecule has 1 aliphatic heterocycles. The van der Waals surface area contributed by atoms with Crippen molar-refractivity contribution >= 4 is 17.8 Å². The van der Waals surface area contributed by atoms with Gasteiger partial charge in [0.05, 0.1) is 5.69 Å². The molecule has 0 aliphatic carbocycles. The topological polar surface area (TPSA) is 21.3 Å². The Hall–Kier alpha value is -3.00. The van der Waals surface area contributed by atoms with E-state index in [4.69, 9.17) is 4.74 Å². The standard InChI is InChI=1S/C21H17NO/c1-2-6-16(7-3-1)10-11-17-12-14-18(15-13-17)21-22-19-8-4-5-9-20(19)23-21/h1-15,21-22H. The van der Waals surface area contributed by atoms with Crippen molar-refractivity contribution < 1.29 is 4.74 Å². The summed E-state index contributed by atoms with van der Waals surface area (Å²) in [6.07, 6.45) is 4.13. The van der Waals surface area contributed by atoms with E-state index in [0.717, 1.165) is 17.0 Å². The van der Waals surface area contributed by atoms with Crippen LogP contribution in [0, 0.1) is 0 Å². The minimum atomic E-state index is -0.112. The molecule has 1 atom stereocenters. The van der Waals surface area contributed by atoms with Gasteiger partial charge in [0.1, 0.15) is 5.75 Å². The number of ether oxygens (including phenoxy) is 1. The van der Waals surface area contributed by atoms with Gasteiger partial charge < -0.3 is 10.1 Å². The SMILES string of the molecule is C(=Cc1ccc(C2Nc3ccccc3O2)cc1)c1ccccc1. The molecule has 4 rings (SSSR count). The molecule has 0 bridgehead atoms.